The summed E-state index contributed by atoms with van der Waals surface area (Å²) in [5.41, 5.74) is 1.15. The van der Waals surface area contributed by atoms with Crippen LogP contribution in [-0.2, 0) is 0 Å². The van der Waals surface area contributed by atoms with Crippen molar-refractivity contribution in [1.82, 2.24) is 0 Å². The minimum absolute atomic E-state index is 0.286. The summed E-state index contributed by atoms with van der Waals surface area (Å²) in [6.07, 6.45) is 3.52. The summed E-state index contributed by atoms with van der Waals surface area (Å²) in [6.45, 7) is 0. The number of methoxy groups -OCH3 is 2. The van der Waals surface area contributed by atoms with Crippen LogP contribution in [0.4, 0.5) is 10.1 Å². The molecule has 0 amide bonds. The Balaban J connectivity index is 1.55. The fourth-order valence-electron chi connectivity index (χ4n) is 7.10. The van der Waals surface area contributed by atoms with Crippen LogP contribution < -0.4 is 14.4 Å². The number of hydrogen-bond acceptors (Lipinski definition) is 6. The van der Waals surface area contributed by atoms with Gasteiger partial charge in [0.15, 0.2) is 17.3 Å². The quantitative estimate of drug-likeness (QED) is 0.216. The van der Waals surface area contributed by atoms with Gasteiger partial charge in [0.05, 0.1) is 20.3 Å². The van der Waals surface area contributed by atoms with Crippen molar-refractivity contribution in [2.75, 3.05) is 19.1 Å². The summed E-state index contributed by atoms with van der Waals surface area (Å²) in [5, 5.41) is 0. The molecule has 3 aliphatic rings. The van der Waals surface area contributed by atoms with Crippen molar-refractivity contribution in [1.29, 1.82) is 0 Å². The number of benzene rings is 4. The van der Waals surface area contributed by atoms with Gasteiger partial charge in [-0.3, -0.25) is 14.4 Å². The average Bonchev–Trinajstić information content (AvgIpc) is 3.46. The molecule has 2 heterocycles. The molecule has 0 radical (unpaired) electrons. The van der Waals surface area contributed by atoms with Crippen molar-refractivity contribution in [3.8, 4) is 11.5 Å². The second-order valence-electron chi connectivity index (χ2n) is 10.8. The fourth-order valence-corrected chi connectivity index (χ4v) is 7.10. The van der Waals surface area contributed by atoms with Gasteiger partial charge in [0.1, 0.15) is 28.8 Å². The van der Waals surface area contributed by atoms with Gasteiger partial charge in [0.2, 0.25) is 0 Å². The molecule has 42 heavy (non-hydrogen) atoms. The van der Waals surface area contributed by atoms with Gasteiger partial charge in [-0.1, -0.05) is 60.7 Å². The largest absolute Gasteiger partial charge is 0.497 e. The van der Waals surface area contributed by atoms with Gasteiger partial charge in [0.25, 0.3) is 0 Å². The maximum atomic E-state index is 14.8. The second-order valence-corrected chi connectivity index (χ2v) is 10.8. The minimum atomic E-state index is -1.65. The third kappa shape index (κ3) is 3.46. The van der Waals surface area contributed by atoms with Gasteiger partial charge in [0, 0.05) is 33.9 Å². The Morgan fingerprint density at radius 2 is 1.48 bits per heavy atom. The van der Waals surface area contributed by atoms with Crippen molar-refractivity contribution < 1.29 is 28.2 Å². The predicted molar refractivity (Wildman–Crippen MR) is 156 cm³/mol. The molecular weight excluding hydrogens is 533 g/mol. The molecule has 208 valence electrons. The highest BCUT2D eigenvalue weighted by Crippen LogP contribution is 2.61. The van der Waals surface area contributed by atoms with E-state index in [0.717, 1.165) is 0 Å². The number of nitrogens with zero attached hydrogens (tertiary/aromatic N) is 1. The van der Waals surface area contributed by atoms with E-state index in [1.165, 1.54) is 19.2 Å². The summed E-state index contributed by atoms with van der Waals surface area (Å²) in [4.78, 5) is 46.0. The number of carbonyl (C=O) groups is 3. The minimum Gasteiger partial charge on any atom is -0.497 e. The first-order valence-corrected chi connectivity index (χ1v) is 13.7. The summed E-state index contributed by atoms with van der Waals surface area (Å²) < 4.78 is 25.4. The molecular formula is C35H26FNO5. The SMILES string of the molecule is COc1cccc(C(=O)[C@@H]2[C@H](c3cccc(OC)c3)C3(C(=O)c4ccccc4C3=O)[C@H]3C=Cc4cc(F)ccc4N23)c1. The zero-order valence-electron chi connectivity index (χ0n) is 22.9. The highest BCUT2D eigenvalue weighted by molar-refractivity contribution is 6.32. The van der Waals surface area contributed by atoms with Gasteiger partial charge in [-0.05, 0) is 48.0 Å². The van der Waals surface area contributed by atoms with Gasteiger partial charge in [-0.25, -0.2) is 4.39 Å². The molecule has 7 rings (SSSR count). The van der Waals surface area contributed by atoms with Crippen molar-refractivity contribution in [2.24, 2.45) is 5.41 Å². The number of carbonyl (C=O) groups excluding carboxylic acids is 3. The zero-order chi connectivity index (χ0) is 29.2. The first-order valence-electron chi connectivity index (χ1n) is 13.7. The number of ether oxygens (including phenoxy) is 2. The van der Waals surface area contributed by atoms with E-state index in [-0.39, 0.29) is 17.3 Å². The summed E-state index contributed by atoms with van der Waals surface area (Å²) in [7, 11) is 3.07. The third-order valence-electron chi connectivity index (χ3n) is 8.84. The number of halogens is 1. The normalized spacial score (nSPS) is 21.2. The maximum absolute atomic E-state index is 14.8. The van der Waals surface area contributed by atoms with Crippen molar-refractivity contribution >= 4 is 29.1 Å². The van der Waals surface area contributed by atoms with E-state index in [9.17, 15) is 18.8 Å². The molecule has 6 nitrogen and oxygen atoms in total. The highest BCUT2D eigenvalue weighted by atomic mass is 19.1. The lowest BCUT2D eigenvalue weighted by Crippen LogP contribution is -2.48. The van der Waals surface area contributed by atoms with Crippen molar-refractivity contribution in [2.45, 2.75) is 18.0 Å². The Morgan fingerprint density at radius 3 is 2.17 bits per heavy atom. The van der Waals surface area contributed by atoms with Crippen LogP contribution in [0.5, 0.6) is 11.5 Å². The van der Waals surface area contributed by atoms with Gasteiger partial charge in [-0.2, -0.15) is 0 Å². The van der Waals surface area contributed by atoms with E-state index in [2.05, 4.69) is 0 Å². The molecule has 4 aromatic carbocycles. The number of rotatable bonds is 5. The van der Waals surface area contributed by atoms with Gasteiger partial charge < -0.3 is 14.4 Å². The van der Waals surface area contributed by atoms with Crippen LogP contribution in [0.3, 0.4) is 0 Å². The molecule has 7 heteroatoms. The van der Waals surface area contributed by atoms with Crippen LogP contribution >= 0.6 is 0 Å². The van der Waals surface area contributed by atoms with Crippen LogP contribution in [0.25, 0.3) is 6.08 Å². The molecule has 4 aromatic rings. The van der Waals surface area contributed by atoms with E-state index < -0.39 is 29.2 Å². The van der Waals surface area contributed by atoms with E-state index in [4.69, 9.17) is 9.47 Å². The fraction of sp³-hybridized carbons (Fsp3) is 0.171. The molecule has 1 spiro atoms. The molecule has 2 aliphatic heterocycles. The molecule has 1 saturated heterocycles. The standard InChI is InChI=1S/C35H26FNO5/c1-41-24-9-5-7-21(18-24)30-31(32(38)22-8-6-10-25(19-22)42-2)37-28-15-14-23(36)17-20(28)13-16-29(37)35(30)33(39)26-11-3-4-12-27(26)34(35)40/h3-19,29-31H,1-2H3/t29-,30+,31+/m1/s1. The second kappa shape index (κ2) is 9.52. The summed E-state index contributed by atoms with van der Waals surface area (Å²) in [6, 6.07) is 23.4. The Bertz CT molecular complexity index is 1790. The predicted octanol–water partition coefficient (Wildman–Crippen LogP) is 6.16. The van der Waals surface area contributed by atoms with Gasteiger partial charge >= 0.3 is 0 Å². The third-order valence-corrected chi connectivity index (χ3v) is 8.84. The van der Waals surface area contributed by atoms with Crippen LogP contribution in [0.15, 0.2) is 97.1 Å². The Morgan fingerprint density at radius 1 is 0.810 bits per heavy atom. The van der Waals surface area contributed by atoms with Crippen LogP contribution in [0, 0.1) is 11.2 Å². The highest BCUT2D eigenvalue weighted by Gasteiger charge is 2.71. The van der Waals surface area contributed by atoms with Crippen molar-refractivity contribution in [3.05, 3.63) is 131 Å². The van der Waals surface area contributed by atoms with Gasteiger partial charge in [-0.15, -0.1) is 0 Å². The van der Waals surface area contributed by atoms with E-state index >= 15 is 0 Å². The Labute approximate surface area is 242 Å². The average molecular weight is 560 g/mol. The number of Topliss-reactive ketones (excluding diaryl/α,β-unsaturated/α-hetero) is 3. The molecule has 3 atom stereocenters. The molecule has 0 bridgehead atoms. The lowest BCUT2D eigenvalue weighted by molar-refractivity contribution is 0.0665. The first kappa shape index (κ1) is 25.9. The Hall–Kier alpha value is -5.04. The van der Waals surface area contributed by atoms with E-state index in [1.807, 2.05) is 11.0 Å². The molecule has 0 N–H and O–H groups in total. The summed E-state index contributed by atoms with van der Waals surface area (Å²) >= 11 is 0. The maximum Gasteiger partial charge on any atom is 0.186 e. The lowest BCUT2D eigenvalue weighted by atomic mass is 9.64. The van der Waals surface area contributed by atoms with E-state index in [0.29, 0.717) is 45.0 Å². The number of hydrogen-bond donors (Lipinski definition) is 0. The monoisotopic (exact) mass is 559 g/mol. The lowest BCUT2D eigenvalue weighted by Gasteiger charge is -2.37. The topological polar surface area (TPSA) is 72.9 Å². The van der Waals surface area contributed by atoms with Crippen molar-refractivity contribution in [3.63, 3.8) is 0 Å². The van der Waals surface area contributed by atoms with Crippen LogP contribution in [0.1, 0.15) is 48.1 Å². The van der Waals surface area contributed by atoms with Crippen LogP contribution in [0.2, 0.25) is 0 Å². The molecule has 1 aliphatic carbocycles. The number of anilines is 1. The summed E-state index contributed by atoms with van der Waals surface area (Å²) in [5.74, 6) is -1.23. The molecule has 0 saturated carbocycles. The number of ketones is 3. The molecule has 1 fully saturated rings. The first-order chi connectivity index (χ1) is 20.4. The molecule has 0 aromatic heterocycles. The van der Waals surface area contributed by atoms with Crippen LogP contribution in [-0.4, -0.2) is 43.7 Å². The zero-order valence-corrected chi connectivity index (χ0v) is 22.9. The Kier molecular flexibility index (Phi) is 5.87. The smallest absolute Gasteiger partial charge is 0.186 e. The number of fused-ring (bicyclic) bond motifs is 5. The van der Waals surface area contributed by atoms with E-state index in [1.54, 1.807) is 92.1 Å². The molecule has 0 unspecified atom stereocenters.